The van der Waals surface area contributed by atoms with E-state index in [0.29, 0.717) is 17.5 Å². The topological polar surface area (TPSA) is 38.7 Å². The highest BCUT2D eigenvalue weighted by atomic mass is 32.1. The molecule has 0 saturated heterocycles. The lowest BCUT2D eigenvalue weighted by Gasteiger charge is -2.14. The highest BCUT2D eigenvalue weighted by molar-refractivity contribution is 7.26. The summed E-state index contributed by atoms with van der Waals surface area (Å²) in [6, 6.07) is 57.5. The normalized spacial score (nSPS) is 11.4. The molecule has 0 aliphatic heterocycles. The summed E-state index contributed by atoms with van der Waals surface area (Å²) < 4.78 is 2.63. The molecule has 0 N–H and O–H groups in total. The van der Waals surface area contributed by atoms with E-state index in [2.05, 4.69) is 103 Å². The zero-order valence-electron chi connectivity index (χ0n) is 25.3. The average molecular weight is 618 g/mol. The van der Waals surface area contributed by atoms with Crippen LogP contribution in [0.4, 0.5) is 0 Å². The van der Waals surface area contributed by atoms with Crippen LogP contribution in [-0.2, 0) is 0 Å². The van der Waals surface area contributed by atoms with E-state index in [-0.39, 0.29) is 0 Å². The summed E-state index contributed by atoms with van der Waals surface area (Å²) in [7, 11) is 0. The molecule has 2 heterocycles. The van der Waals surface area contributed by atoms with Crippen molar-refractivity contribution in [2.24, 2.45) is 0 Å². The van der Waals surface area contributed by atoms with E-state index in [1.165, 1.54) is 47.6 Å². The van der Waals surface area contributed by atoms with E-state index < -0.39 is 0 Å². The highest BCUT2D eigenvalue weighted by Crippen LogP contribution is 2.44. The van der Waals surface area contributed by atoms with Crippen LogP contribution in [0.3, 0.4) is 0 Å². The second-order valence-electron chi connectivity index (χ2n) is 11.6. The average Bonchev–Trinajstić information content (AvgIpc) is 3.54. The molecular weight excluding hydrogens is 591 g/mol. The van der Waals surface area contributed by atoms with Crippen LogP contribution in [-0.4, -0.2) is 15.0 Å². The Morgan fingerprint density at radius 1 is 0.362 bits per heavy atom. The van der Waals surface area contributed by atoms with E-state index in [9.17, 15) is 0 Å². The molecule has 0 unspecified atom stereocenters. The van der Waals surface area contributed by atoms with Gasteiger partial charge in [0.05, 0.1) is 0 Å². The first kappa shape index (κ1) is 27.3. The maximum atomic E-state index is 5.00. The first-order valence-corrected chi connectivity index (χ1v) is 16.5. The maximum Gasteiger partial charge on any atom is 0.164 e. The van der Waals surface area contributed by atoms with Crippen molar-refractivity contribution in [3.05, 3.63) is 164 Å². The molecule has 47 heavy (non-hydrogen) atoms. The molecule has 0 saturated carbocycles. The van der Waals surface area contributed by atoms with Gasteiger partial charge in [0.15, 0.2) is 17.5 Å². The van der Waals surface area contributed by atoms with Crippen LogP contribution in [0.25, 0.3) is 87.4 Å². The van der Waals surface area contributed by atoms with Crippen molar-refractivity contribution in [3.8, 4) is 56.4 Å². The van der Waals surface area contributed by atoms with Crippen molar-refractivity contribution >= 4 is 42.3 Å². The Morgan fingerprint density at radius 3 is 1.60 bits per heavy atom. The molecule has 2 aromatic heterocycles. The molecule has 0 amide bonds. The minimum Gasteiger partial charge on any atom is -0.208 e. The molecule has 0 aliphatic carbocycles. The first-order chi connectivity index (χ1) is 23.3. The fraction of sp³-hybridized carbons (Fsp3) is 0. The Labute approximate surface area is 276 Å². The van der Waals surface area contributed by atoms with Gasteiger partial charge in [-0.05, 0) is 39.6 Å². The molecule has 3 nitrogen and oxygen atoms in total. The van der Waals surface area contributed by atoms with Crippen LogP contribution in [0.1, 0.15) is 0 Å². The fourth-order valence-corrected chi connectivity index (χ4v) is 7.76. The number of aromatic nitrogens is 3. The molecule has 0 spiro atoms. The van der Waals surface area contributed by atoms with Gasteiger partial charge in [-0.25, -0.2) is 15.0 Å². The van der Waals surface area contributed by atoms with Crippen molar-refractivity contribution in [1.29, 1.82) is 0 Å². The zero-order valence-corrected chi connectivity index (χ0v) is 26.2. The van der Waals surface area contributed by atoms with Crippen molar-refractivity contribution in [1.82, 2.24) is 15.0 Å². The molecule has 0 aliphatic rings. The van der Waals surface area contributed by atoms with Crippen LogP contribution >= 0.6 is 11.3 Å². The first-order valence-electron chi connectivity index (χ1n) is 15.7. The third-order valence-electron chi connectivity index (χ3n) is 8.73. The van der Waals surface area contributed by atoms with Crippen LogP contribution < -0.4 is 0 Å². The van der Waals surface area contributed by atoms with Gasteiger partial charge in [0.2, 0.25) is 0 Å². The van der Waals surface area contributed by atoms with Crippen molar-refractivity contribution < 1.29 is 0 Å². The molecule has 9 rings (SSSR count). The van der Waals surface area contributed by atoms with Gasteiger partial charge in [-0.3, -0.25) is 0 Å². The lowest BCUT2D eigenvalue weighted by molar-refractivity contribution is 1.07. The molecule has 0 atom stereocenters. The van der Waals surface area contributed by atoms with E-state index in [1.807, 2.05) is 72.0 Å². The number of nitrogens with zero attached hydrogens (tertiary/aromatic N) is 3. The highest BCUT2D eigenvalue weighted by Gasteiger charge is 2.17. The van der Waals surface area contributed by atoms with Gasteiger partial charge in [-0.2, -0.15) is 0 Å². The van der Waals surface area contributed by atoms with Gasteiger partial charge in [0, 0.05) is 42.4 Å². The van der Waals surface area contributed by atoms with Crippen molar-refractivity contribution in [2.45, 2.75) is 0 Å². The summed E-state index contributed by atoms with van der Waals surface area (Å²) in [4.78, 5) is 14.9. The Bertz CT molecular complexity index is 2510. The zero-order chi connectivity index (χ0) is 31.2. The third-order valence-corrected chi connectivity index (χ3v) is 9.95. The van der Waals surface area contributed by atoms with E-state index >= 15 is 0 Å². The van der Waals surface area contributed by atoms with E-state index in [0.717, 1.165) is 22.3 Å². The van der Waals surface area contributed by atoms with E-state index in [1.54, 1.807) is 0 Å². The van der Waals surface area contributed by atoms with Gasteiger partial charge in [0.25, 0.3) is 0 Å². The number of benzene rings is 7. The molecule has 0 fully saturated rings. The summed E-state index contributed by atoms with van der Waals surface area (Å²) >= 11 is 1.87. The van der Waals surface area contributed by atoms with Gasteiger partial charge in [0.1, 0.15) is 0 Å². The molecular formula is C43H27N3S. The second kappa shape index (κ2) is 11.4. The molecule has 220 valence electrons. The standard InChI is InChI=1S/C43H27N3S/c1-3-13-29(14-4-1)41-44-42(30-15-5-2-6-16-30)46-43(45-41)32-20-9-19-31(27-32)33-22-10-17-28-18-11-23-35(39(28)33)37-25-12-24-36-34-21-7-8-26-38(34)47-40(36)37/h1-27H. The monoisotopic (exact) mass is 617 g/mol. The van der Waals surface area contributed by atoms with Gasteiger partial charge in [-0.15, -0.1) is 11.3 Å². The van der Waals surface area contributed by atoms with Crippen LogP contribution in [0, 0.1) is 0 Å². The van der Waals surface area contributed by atoms with Crippen molar-refractivity contribution in [3.63, 3.8) is 0 Å². The minimum absolute atomic E-state index is 0.648. The second-order valence-corrected chi connectivity index (χ2v) is 12.7. The number of fused-ring (bicyclic) bond motifs is 4. The number of hydrogen-bond donors (Lipinski definition) is 0. The maximum absolute atomic E-state index is 5.00. The summed E-state index contributed by atoms with van der Waals surface area (Å²) in [6.45, 7) is 0. The third kappa shape index (κ3) is 4.87. The molecule has 9 aromatic rings. The largest absolute Gasteiger partial charge is 0.208 e. The summed E-state index contributed by atoms with van der Waals surface area (Å²) in [5.74, 6) is 1.96. The van der Waals surface area contributed by atoms with Gasteiger partial charge < -0.3 is 0 Å². The predicted molar refractivity (Wildman–Crippen MR) is 197 cm³/mol. The smallest absolute Gasteiger partial charge is 0.164 e. The Balaban J connectivity index is 1.23. The van der Waals surface area contributed by atoms with Crippen LogP contribution in [0.2, 0.25) is 0 Å². The van der Waals surface area contributed by atoms with Crippen LogP contribution in [0.5, 0.6) is 0 Å². The molecule has 0 bridgehead atoms. The number of thiophene rings is 1. The number of rotatable bonds is 5. The SMILES string of the molecule is c1ccc(-c2nc(-c3ccccc3)nc(-c3cccc(-c4cccc5cccc(-c6cccc7c6sc6ccccc67)c45)c3)n2)cc1. The summed E-state index contributed by atoms with van der Waals surface area (Å²) in [5, 5.41) is 5.06. The summed E-state index contributed by atoms with van der Waals surface area (Å²) in [6.07, 6.45) is 0. The Hall–Kier alpha value is -5.97. The van der Waals surface area contributed by atoms with Gasteiger partial charge >= 0.3 is 0 Å². The fourth-order valence-electron chi connectivity index (χ4n) is 6.53. The van der Waals surface area contributed by atoms with Gasteiger partial charge in [-0.1, -0.05) is 152 Å². The molecule has 0 radical (unpaired) electrons. The lowest BCUT2D eigenvalue weighted by Crippen LogP contribution is -2.00. The lowest BCUT2D eigenvalue weighted by atomic mass is 9.90. The predicted octanol–water partition coefficient (Wildman–Crippen LogP) is 11.7. The molecule has 4 heteroatoms. The van der Waals surface area contributed by atoms with E-state index in [4.69, 9.17) is 15.0 Å². The summed E-state index contributed by atoms with van der Waals surface area (Å²) in [5.41, 5.74) is 7.65. The van der Waals surface area contributed by atoms with Crippen LogP contribution in [0.15, 0.2) is 164 Å². The Morgan fingerprint density at radius 2 is 0.872 bits per heavy atom. The Kier molecular flexibility index (Phi) is 6.65. The minimum atomic E-state index is 0.648. The molecule has 7 aromatic carbocycles. The quantitative estimate of drug-likeness (QED) is 0.193. The number of hydrogen-bond acceptors (Lipinski definition) is 4. The van der Waals surface area contributed by atoms with Crippen molar-refractivity contribution in [2.75, 3.05) is 0 Å².